The molecule has 5 rings (SSSR count). The lowest BCUT2D eigenvalue weighted by molar-refractivity contribution is -0.118. The van der Waals surface area contributed by atoms with Crippen molar-refractivity contribution in [3.63, 3.8) is 0 Å². The Morgan fingerprint density at radius 2 is 1.94 bits per heavy atom. The average Bonchev–Trinajstić information content (AvgIpc) is 3.42. The Morgan fingerprint density at radius 3 is 2.75 bits per heavy atom. The molecule has 0 radical (unpaired) electrons. The molecule has 2 aromatic carbocycles. The highest BCUT2D eigenvalue weighted by atomic mass is 32.2. The number of para-hydroxylation sites is 2. The molecule has 2 aromatic heterocycles. The van der Waals surface area contributed by atoms with Gasteiger partial charge in [-0.05, 0) is 56.2 Å². The zero-order chi connectivity index (χ0) is 22.2. The van der Waals surface area contributed by atoms with E-state index in [0.717, 1.165) is 12.1 Å². The molecule has 0 fully saturated rings. The molecule has 2 atom stereocenters. The van der Waals surface area contributed by atoms with Crippen LogP contribution in [0.2, 0.25) is 0 Å². The van der Waals surface area contributed by atoms with Gasteiger partial charge in [-0.1, -0.05) is 42.1 Å². The Kier molecular flexibility index (Phi) is 5.35. The number of thioether (sulfide) groups is 1. The van der Waals surface area contributed by atoms with Gasteiger partial charge in [-0.3, -0.25) is 14.2 Å². The van der Waals surface area contributed by atoms with Crippen molar-refractivity contribution in [3.8, 4) is 0 Å². The molecule has 7 heteroatoms. The van der Waals surface area contributed by atoms with E-state index >= 15 is 0 Å². The lowest BCUT2D eigenvalue weighted by atomic mass is 10.1. The molecular formula is C25H23N3O3S. The summed E-state index contributed by atoms with van der Waals surface area (Å²) >= 11 is 1.31. The fourth-order valence-electron chi connectivity index (χ4n) is 4.24. The van der Waals surface area contributed by atoms with Gasteiger partial charge >= 0.3 is 0 Å². The molecule has 162 valence electrons. The fraction of sp³-hybridized carbons (Fsp3) is 0.240. The summed E-state index contributed by atoms with van der Waals surface area (Å²) in [7, 11) is 0. The summed E-state index contributed by atoms with van der Waals surface area (Å²) in [4.78, 5) is 33.4. The molecule has 6 nitrogen and oxygen atoms in total. The Hall–Kier alpha value is -3.32. The van der Waals surface area contributed by atoms with Crippen molar-refractivity contribution in [1.29, 1.82) is 0 Å². The number of carbonyl (C=O) groups is 1. The third kappa shape index (κ3) is 3.62. The van der Waals surface area contributed by atoms with Gasteiger partial charge in [-0.2, -0.15) is 0 Å². The predicted molar refractivity (Wildman–Crippen MR) is 126 cm³/mol. The van der Waals surface area contributed by atoms with E-state index in [1.54, 1.807) is 23.0 Å². The zero-order valence-corrected chi connectivity index (χ0v) is 18.7. The molecule has 1 amide bonds. The molecule has 0 bridgehead atoms. The number of nitrogens with zero attached hydrogens (tertiary/aromatic N) is 3. The first kappa shape index (κ1) is 20.6. The Bertz CT molecular complexity index is 1350. The Morgan fingerprint density at radius 1 is 1.16 bits per heavy atom. The van der Waals surface area contributed by atoms with Crippen LogP contribution >= 0.6 is 11.8 Å². The average molecular weight is 446 g/mol. The summed E-state index contributed by atoms with van der Waals surface area (Å²) in [6, 6.07) is 19.0. The van der Waals surface area contributed by atoms with E-state index in [2.05, 4.69) is 13.0 Å². The highest BCUT2D eigenvalue weighted by Crippen LogP contribution is 2.34. The van der Waals surface area contributed by atoms with Crippen LogP contribution in [-0.4, -0.2) is 26.8 Å². The molecule has 3 heterocycles. The van der Waals surface area contributed by atoms with Crippen molar-refractivity contribution in [2.75, 3.05) is 4.90 Å². The molecule has 0 unspecified atom stereocenters. The summed E-state index contributed by atoms with van der Waals surface area (Å²) in [6.07, 6.45) is 2.43. The van der Waals surface area contributed by atoms with Crippen molar-refractivity contribution in [2.45, 2.75) is 43.3 Å². The summed E-state index contributed by atoms with van der Waals surface area (Å²) < 4.78 is 7.07. The van der Waals surface area contributed by atoms with Crippen LogP contribution < -0.4 is 10.5 Å². The van der Waals surface area contributed by atoms with Gasteiger partial charge in [0.1, 0.15) is 5.76 Å². The lowest BCUT2D eigenvalue weighted by Gasteiger charge is -2.26. The van der Waals surface area contributed by atoms with Crippen LogP contribution in [0.3, 0.4) is 0 Å². The highest BCUT2D eigenvalue weighted by Gasteiger charge is 2.34. The number of benzene rings is 2. The number of amides is 1. The maximum Gasteiger partial charge on any atom is 0.262 e. The van der Waals surface area contributed by atoms with Gasteiger partial charge in [0.05, 0.1) is 29.0 Å². The number of furan rings is 1. The number of carbonyl (C=O) groups excluding carboxylic acids is 1. The molecular weight excluding hydrogens is 422 g/mol. The maximum absolute atomic E-state index is 13.5. The van der Waals surface area contributed by atoms with Crippen LogP contribution in [0.15, 0.2) is 81.3 Å². The van der Waals surface area contributed by atoms with E-state index in [4.69, 9.17) is 9.40 Å². The monoisotopic (exact) mass is 445 g/mol. The van der Waals surface area contributed by atoms with Gasteiger partial charge < -0.3 is 9.32 Å². The SMILES string of the molecule is C[C@@H]1Cc2ccccc2N1C(=O)[C@@H](C)Sc1nc2ccccc2c(=O)n1Cc1ccco1. The molecule has 4 aromatic rings. The van der Waals surface area contributed by atoms with Crippen molar-refractivity contribution in [1.82, 2.24) is 9.55 Å². The first-order valence-corrected chi connectivity index (χ1v) is 11.5. The largest absolute Gasteiger partial charge is 0.467 e. The fourth-order valence-corrected chi connectivity index (χ4v) is 5.20. The lowest BCUT2D eigenvalue weighted by Crippen LogP contribution is -2.40. The number of rotatable bonds is 5. The van der Waals surface area contributed by atoms with E-state index in [1.807, 2.05) is 54.3 Å². The van der Waals surface area contributed by atoms with E-state index in [0.29, 0.717) is 21.8 Å². The number of hydrogen-bond acceptors (Lipinski definition) is 5. The Balaban J connectivity index is 1.50. The topological polar surface area (TPSA) is 68.3 Å². The third-order valence-electron chi connectivity index (χ3n) is 5.80. The number of fused-ring (bicyclic) bond motifs is 2. The van der Waals surface area contributed by atoms with Crippen LogP contribution in [0.4, 0.5) is 5.69 Å². The number of anilines is 1. The van der Waals surface area contributed by atoms with Crippen LogP contribution in [-0.2, 0) is 17.8 Å². The second kappa shape index (κ2) is 8.31. The first-order chi connectivity index (χ1) is 15.5. The summed E-state index contributed by atoms with van der Waals surface area (Å²) in [6.45, 7) is 4.20. The molecule has 1 aliphatic heterocycles. The molecule has 0 spiro atoms. The minimum atomic E-state index is -0.417. The third-order valence-corrected chi connectivity index (χ3v) is 6.87. The van der Waals surface area contributed by atoms with Gasteiger partial charge in [-0.25, -0.2) is 4.98 Å². The second-order valence-corrected chi connectivity index (χ2v) is 9.34. The van der Waals surface area contributed by atoms with Gasteiger partial charge in [0, 0.05) is 11.7 Å². The molecule has 0 N–H and O–H groups in total. The van der Waals surface area contributed by atoms with E-state index in [-0.39, 0.29) is 24.1 Å². The van der Waals surface area contributed by atoms with Gasteiger partial charge in [-0.15, -0.1) is 0 Å². The maximum atomic E-state index is 13.5. The predicted octanol–water partition coefficient (Wildman–Crippen LogP) is 4.50. The minimum Gasteiger partial charge on any atom is -0.467 e. The molecule has 0 saturated heterocycles. The number of aromatic nitrogens is 2. The van der Waals surface area contributed by atoms with Crippen LogP contribution in [0.5, 0.6) is 0 Å². The molecule has 1 aliphatic rings. The smallest absolute Gasteiger partial charge is 0.262 e. The quantitative estimate of drug-likeness (QED) is 0.334. The zero-order valence-electron chi connectivity index (χ0n) is 17.9. The minimum absolute atomic E-state index is 0.0133. The Labute approximate surface area is 189 Å². The molecule has 32 heavy (non-hydrogen) atoms. The summed E-state index contributed by atoms with van der Waals surface area (Å²) in [5.74, 6) is 0.673. The highest BCUT2D eigenvalue weighted by molar-refractivity contribution is 8.00. The first-order valence-electron chi connectivity index (χ1n) is 10.6. The van der Waals surface area contributed by atoms with E-state index in [9.17, 15) is 9.59 Å². The summed E-state index contributed by atoms with van der Waals surface area (Å²) in [5.41, 5.74) is 2.63. The summed E-state index contributed by atoms with van der Waals surface area (Å²) in [5, 5.41) is 0.634. The van der Waals surface area contributed by atoms with Crippen LogP contribution in [0.25, 0.3) is 10.9 Å². The second-order valence-electron chi connectivity index (χ2n) is 8.03. The van der Waals surface area contributed by atoms with Crippen molar-refractivity contribution < 1.29 is 9.21 Å². The van der Waals surface area contributed by atoms with Crippen molar-refractivity contribution >= 4 is 34.3 Å². The van der Waals surface area contributed by atoms with E-state index < -0.39 is 5.25 Å². The molecule has 0 aliphatic carbocycles. The van der Waals surface area contributed by atoms with Gasteiger partial charge in [0.15, 0.2) is 5.16 Å². The standard InChI is InChI=1S/C25H23N3O3S/c1-16-14-18-8-3-6-12-22(18)28(16)23(29)17(2)32-25-26-21-11-5-4-10-20(21)24(30)27(25)15-19-9-7-13-31-19/h3-13,16-17H,14-15H2,1-2H3/t16-,17-/m1/s1. The van der Waals surface area contributed by atoms with E-state index in [1.165, 1.54) is 17.3 Å². The number of hydrogen-bond donors (Lipinski definition) is 0. The van der Waals surface area contributed by atoms with Crippen molar-refractivity contribution in [2.24, 2.45) is 0 Å². The molecule has 0 saturated carbocycles. The van der Waals surface area contributed by atoms with Crippen LogP contribution in [0.1, 0.15) is 25.2 Å². The van der Waals surface area contributed by atoms with Crippen molar-refractivity contribution in [3.05, 3.63) is 88.6 Å². The van der Waals surface area contributed by atoms with Crippen LogP contribution in [0, 0.1) is 0 Å². The normalized spacial score (nSPS) is 16.3. The van der Waals surface area contributed by atoms with Gasteiger partial charge in [0.25, 0.3) is 5.56 Å². The van der Waals surface area contributed by atoms with Gasteiger partial charge in [0.2, 0.25) is 5.91 Å².